The van der Waals surface area contributed by atoms with Gasteiger partial charge in [0.05, 0.1) is 30.9 Å². The van der Waals surface area contributed by atoms with Crippen molar-refractivity contribution in [2.75, 3.05) is 14.2 Å². The minimum Gasteiger partial charge on any atom is -0.497 e. The molecule has 0 amide bonds. The van der Waals surface area contributed by atoms with Crippen LogP contribution in [0.5, 0.6) is 11.5 Å². The van der Waals surface area contributed by atoms with Crippen molar-refractivity contribution in [3.63, 3.8) is 0 Å². The molecule has 0 bridgehead atoms. The normalized spacial score (nSPS) is 12.8. The summed E-state index contributed by atoms with van der Waals surface area (Å²) >= 11 is 0. The third kappa shape index (κ3) is 2.32. The minimum atomic E-state index is -0.576. The van der Waals surface area contributed by atoms with Crippen molar-refractivity contribution in [1.82, 2.24) is 14.1 Å². The molecule has 0 unspecified atom stereocenters. The number of esters is 1. The van der Waals surface area contributed by atoms with Gasteiger partial charge in [-0.15, -0.1) is 0 Å². The number of hydrogen-bond donors (Lipinski definition) is 0. The van der Waals surface area contributed by atoms with Crippen molar-refractivity contribution >= 4 is 17.0 Å². The predicted octanol–water partition coefficient (Wildman–Crippen LogP) is 0.987. The Hall–Kier alpha value is -3.62. The van der Waals surface area contributed by atoms with Gasteiger partial charge in [0.15, 0.2) is 0 Å². The maximum Gasteiger partial charge on any atom is 0.341 e. The molecule has 9 nitrogen and oxygen atoms in total. The number of hydrogen-bond acceptors (Lipinski definition) is 7. The summed E-state index contributed by atoms with van der Waals surface area (Å²) in [6.07, 6.45) is 0. The van der Waals surface area contributed by atoms with Crippen molar-refractivity contribution < 1.29 is 19.0 Å². The second-order valence-electron chi connectivity index (χ2n) is 6.36. The van der Waals surface area contributed by atoms with Gasteiger partial charge in [0.2, 0.25) is 0 Å². The van der Waals surface area contributed by atoms with E-state index in [-0.39, 0.29) is 23.2 Å². The first kappa shape index (κ1) is 17.8. The summed E-state index contributed by atoms with van der Waals surface area (Å²) in [4.78, 5) is 42.2. The van der Waals surface area contributed by atoms with E-state index in [1.54, 1.807) is 18.2 Å². The van der Waals surface area contributed by atoms with Gasteiger partial charge in [-0.25, -0.2) is 14.6 Å². The Morgan fingerprint density at radius 2 is 1.79 bits per heavy atom. The molecule has 0 atom stereocenters. The van der Waals surface area contributed by atoms with Crippen LogP contribution in [0.15, 0.2) is 27.8 Å². The number of pyridine rings is 1. The number of aryl methyl sites for hydroxylation is 1. The van der Waals surface area contributed by atoms with Crippen molar-refractivity contribution in [2.24, 2.45) is 14.1 Å². The highest BCUT2D eigenvalue weighted by Gasteiger charge is 2.32. The summed E-state index contributed by atoms with van der Waals surface area (Å²) in [7, 11) is 5.91. The highest BCUT2D eigenvalue weighted by Crippen LogP contribution is 2.40. The molecule has 1 aromatic carbocycles. The van der Waals surface area contributed by atoms with Crippen LogP contribution in [0.4, 0.5) is 0 Å². The molecule has 4 rings (SSSR count). The number of methoxy groups -OCH3 is 2. The molecular formula is C19H17N3O6. The number of cyclic esters (lactones) is 1. The van der Waals surface area contributed by atoms with Crippen molar-refractivity contribution in [3.05, 3.63) is 50.3 Å². The number of nitrogens with zero attached hydrogens (tertiary/aromatic N) is 3. The van der Waals surface area contributed by atoms with E-state index in [1.807, 2.05) is 0 Å². The van der Waals surface area contributed by atoms with Gasteiger partial charge in [-0.05, 0) is 12.1 Å². The monoisotopic (exact) mass is 383 g/mol. The Kier molecular flexibility index (Phi) is 3.95. The van der Waals surface area contributed by atoms with E-state index >= 15 is 0 Å². The van der Waals surface area contributed by atoms with Crippen LogP contribution in [0.3, 0.4) is 0 Å². The highest BCUT2D eigenvalue weighted by molar-refractivity contribution is 6.09. The third-order valence-electron chi connectivity index (χ3n) is 4.89. The van der Waals surface area contributed by atoms with Crippen LogP contribution in [0.2, 0.25) is 0 Å². The average molecular weight is 383 g/mol. The van der Waals surface area contributed by atoms with E-state index in [1.165, 1.54) is 32.9 Å². The first-order valence-corrected chi connectivity index (χ1v) is 8.41. The van der Waals surface area contributed by atoms with Gasteiger partial charge in [-0.3, -0.25) is 13.9 Å². The topological polar surface area (TPSA) is 102 Å². The molecule has 0 radical (unpaired) electrons. The third-order valence-corrected chi connectivity index (χ3v) is 4.89. The molecular weight excluding hydrogens is 366 g/mol. The predicted molar refractivity (Wildman–Crippen MR) is 99.9 cm³/mol. The zero-order chi connectivity index (χ0) is 20.2. The molecule has 1 aliphatic rings. The average Bonchev–Trinajstić information content (AvgIpc) is 3.09. The minimum absolute atomic E-state index is 0.0288. The Balaban J connectivity index is 2.26. The standard InChI is InChI=1S/C19H17N3O6/c1-21-16-15(17(23)22(2)19(21)25)13(14-11(20-16)8-28-18(14)24)10-6-5-9(26-3)7-12(10)27-4/h5-7H,8H2,1-4H3. The van der Waals surface area contributed by atoms with Crippen LogP contribution in [0, 0.1) is 0 Å². The summed E-state index contributed by atoms with van der Waals surface area (Å²) < 4.78 is 18.1. The maximum atomic E-state index is 13.0. The molecule has 0 N–H and O–H groups in total. The van der Waals surface area contributed by atoms with Crippen LogP contribution in [0.1, 0.15) is 16.1 Å². The maximum absolute atomic E-state index is 13.0. The van der Waals surface area contributed by atoms with Gasteiger partial charge in [0.1, 0.15) is 23.8 Å². The van der Waals surface area contributed by atoms with Gasteiger partial charge in [-0.2, -0.15) is 0 Å². The Labute approximate surface area is 158 Å². The van der Waals surface area contributed by atoms with Crippen molar-refractivity contribution in [3.8, 4) is 22.6 Å². The van der Waals surface area contributed by atoms with E-state index < -0.39 is 17.2 Å². The molecule has 2 aromatic heterocycles. The van der Waals surface area contributed by atoms with Gasteiger partial charge in [0, 0.05) is 31.3 Å². The Morgan fingerprint density at radius 1 is 1.04 bits per heavy atom. The highest BCUT2D eigenvalue weighted by atomic mass is 16.5. The van der Waals surface area contributed by atoms with Crippen LogP contribution < -0.4 is 20.7 Å². The molecule has 144 valence electrons. The second-order valence-corrected chi connectivity index (χ2v) is 6.36. The Bertz CT molecular complexity index is 1270. The van der Waals surface area contributed by atoms with E-state index in [4.69, 9.17) is 14.2 Å². The van der Waals surface area contributed by atoms with Crippen LogP contribution in [0.25, 0.3) is 22.2 Å². The number of aromatic nitrogens is 3. The lowest BCUT2D eigenvalue weighted by molar-refractivity contribution is 0.0534. The van der Waals surface area contributed by atoms with E-state index in [9.17, 15) is 14.4 Å². The lowest BCUT2D eigenvalue weighted by Crippen LogP contribution is -2.37. The molecule has 0 saturated carbocycles. The number of fused-ring (bicyclic) bond motifs is 2. The van der Waals surface area contributed by atoms with Gasteiger partial charge in [-0.1, -0.05) is 0 Å². The molecule has 0 fully saturated rings. The first-order chi connectivity index (χ1) is 13.4. The fraction of sp³-hybridized carbons (Fsp3) is 0.263. The van der Waals surface area contributed by atoms with Gasteiger partial charge < -0.3 is 14.2 Å². The number of ether oxygens (including phenoxy) is 3. The quantitative estimate of drug-likeness (QED) is 0.622. The van der Waals surface area contributed by atoms with E-state index in [0.717, 1.165) is 4.57 Å². The zero-order valence-corrected chi connectivity index (χ0v) is 15.7. The van der Waals surface area contributed by atoms with Crippen molar-refractivity contribution in [1.29, 1.82) is 0 Å². The van der Waals surface area contributed by atoms with Crippen molar-refractivity contribution in [2.45, 2.75) is 6.61 Å². The van der Waals surface area contributed by atoms with Gasteiger partial charge in [0.25, 0.3) is 5.56 Å². The molecule has 9 heteroatoms. The van der Waals surface area contributed by atoms with Crippen LogP contribution in [-0.4, -0.2) is 34.3 Å². The first-order valence-electron chi connectivity index (χ1n) is 8.41. The number of carbonyl (C=O) groups is 1. The summed E-state index contributed by atoms with van der Waals surface area (Å²) in [5.74, 6) is 0.385. The largest absolute Gasteiger partial charge is 0.497 e. The second kappa shape index (κ2) is 6.22. The molecule has 3 aromatic rings. The van der Waals surface area contributed by atoms with Gasteiger partial charge >= 0.3 is 11.7 Å². The summed E-state index contributed by atoms with van der Waals surface area (Å²) in [6.45, 7) is -0.0288. The zero-order valence-electron chi connectivity index (χ0n) is 15.7. The Morgan fingerprint density at radius 3 is 2.46 bits per heavy atom. The number of rotatable bonds is 3. The molecule has 0 spiro atoms. The lowest BCUT2D eigenvalue weighted by atomic mass is 9.95. The number of benzene rings is 1. The number of carbonyl (C=O) groups excluding carboxylic acids is 1. The summed E-state index contributed by atoms with van der Waals surface area (Å²) in [5, 5.41) is 0.144. The smallest absolute Gasteiger partial charge is 0.341 e. The molecule has 0 saturated heterocycles. The van der Waals surface area contributed by atoms with E-state index in [2.05, 4.69) is 4.98 Å². The fourth-order valence-electron chi connectivity index (χ4n) is 3.44. The summed E-state index contributed by atoms with van der Waals surface area (Å²) in [6, 6.07) is 5.05. The molecule has 1 aliphatic heterocycles. The SMILES string of the molecule is COc1ccc(-c2c3c(nc4c2c(=O)n(C)c(=O)n4C)COC3=O)c(OC)c1. The molecule has 3 heterocycles. The van der Waals surface area contributed by atoms with Crippen LogP contribution >= 0.6 is 0 Å². The molecule has 0 aliphatic carbocycles. The van der Waals surface area contributed by atoms with E-state index in [0.29, 0.717) is 28.3 Å². The fourth-order valence-corrected chi connectivity index (χ4v) is 3.44. The van der Waals surface area contributed by atoms with Crippen LogP contribution in [-0.2, 0) is 25.4 Å². The molecule has 28 heavy (non-hydrogen) atoms. The summed E-state index contributed by atoms with van der Waals surface area (Å²) in [5.41, 5.74) is 0.516. The lowest BCUT2D eigenvalue weighted by Gasteiger charge is -2.16.